The summed E-state index contributed by atoms with van der Waals surface area (Å²) < 4.78 is 26.1. The van der Waals surface area contributed by atoms with E-state index in [9.17, 15) is 8.42 Å². The van der Waals surface area contributed by atoms with Crippen LogP contribution in [0, 0.1) is 0 Å². The summed E-state index contributed by atoms with van der Waals surface area (Å²) >= 11 is 0. The normalized spacial score (nSPS) is 23.3. The highest BCUT2D eigenvalue weighted by atomic mass is 32.2. The largest absolute Gasteiger partial charge is 0.369 e. The summed E-state index contributed by atoms with van der Waals surface area (Å²) in [5.74, 6) is 0.472. The third-order valence-corrected chi connectivity index (χ3v) is 8.26. The summed E-state index contributed by atoms with van der Waals surface area (Å²) in [4.78, 5) is 11.1. The van der Waals surface area contributed by atoms with Gasteiger partial charge in [0.2, 0.25) is 11.9 Å². The van der Waals surface area contributed by atoms with E-state index in [1.807, 2.05) is 11.0 Å². The van der Waals surface area contributed by atoms with Crippen LogP contribution >= 0.6 is 0 Å². The fraction of sp³-hybridized carbons (Fsp3) is 0.579. The van der Waals surface area contributed by atoms with E-state index in [1.54, 1.807) is 18.2 Å². The SMILES string of the molecule is NC1=NC2(CCCCC2)N(c2cccc(S(=O)(=O)C3CCCC3)c2)C(N)=N1. The Kier molecular flexibility index (Phi) is 4.61. The topological polar surface area (TPSA) is 114 Å². The molecule has 2 fully saturated rings. The lowest BCUT2D eigenvalue weighted by Gasteiger charge is -2.45. The number of nitrogens with zero attached hydrogens (tertiary/aromatic N) is 3. The zero-order valence-corrected chi connectivity index (χ0v) is 16.3. The molecule has 1 aromatic rings. The number of hydrogen-bond acceptors (Lipinski definition) is 7. The molecule has 146 valence electrons. The Labute approximate surface area is 160 Å². The molecule has 0 aromatic heterocycles. The maximum Gasteiger partial charge on any atom is 0.220 e. The van der Waals surface area contributed by atoms with Crippen molar-refractivity contribution >= 4 is 27.4 Å². The Hall–Kier alpha value is -2.09. The monoisotopic (exact) mass is 389 g/mol. The lowest BCUT2D eigenvalue weighted by Crippen LogP contribution is -2.58. The highest BCUT2D eigenvalue weighted by molar-refractivity contribution is 7.92. The molecule has 0 saturated heterocycles. The van der Waals surface area contributed by atoms with E-state index >= 15 is 0 Å². The first-order valence-electron chi connectivity index (χ1n) is 9.76. The fourth-order valence-corrected chi connectivity index (χ4v) is 6.58. The second-order valence-corrected chi connectivity index (χ2v) is 10.00. The summed E-state index contributed by atoms with van der Waals surface area (Å²) in [5, 5.41) is -0.280. The van der Waals surface area contributed by atoms with Crippen molar-refractivity contribution in [1.29, 1.82) is 0 Å². The lowest BCUT2D eigenvalue weighted by atomic mass is 9.87. The molecule has 0 amide bonds. The van der Waals surface area contributed by atoms with Crippen LogP contribution in [0.25, 0.3) is 0 Å². The van der Waals surface area contributed by atoms with Gasteiger partial charge in [-0.3, -0.25) is 4.90 Å². The van der Waals surface area contributed by atoms with Crippen LogP contribution in [0.1, 0.15) is 57.8 Å². The van der Waals surface area contributed by atoms with Crippen LogP contribution in [0.3, 0.4) is 0 Å². The standard InChI is InChI=1S/C19H27N5O2S/c20-17-22-18(21)24(19(23-17)11-4-1-5-12-19)14-7-6-10-16(13-14)27(25,26)15-8-2-3-9-15/h6-7,10,13,15H,1-5,8-9,11-12H2,(H4,20,21,22,23). The Morgan fingerprint density at radius 2 is 1.74 bits per heavy atom. The van der Waals surface area contributed by atoms with Crippen LogP contribution in [0.4, 0.5) is 5.69 Å². The minimum Gasteiger partial charge on any atom is -0.369 e. The molecule has 2 saturated carbocycles. The van der Waals surface area contributed by atoms with Gasteiger partial charge in [-0.1, -0.05) is 25.3 Å². The quantitative estimate of drug-likeness (QED) is 0.824. The molecule has 2 aliphatic carbocycles. The first-order chi connectivity index (χ1) is 12.9. The second kappa shape index (κ2) is 6.82. The predicted octanol–water partition coefficient (Wildman–Crippen LogP) is 2.51. The number of guanidine groups is 2. The summed E-state index contributed by atoms with van der Waals surface area (Å²) in [6, 6.07) is 7.06. The van der Waals surface area contributed by atoms with Gasteiger partial charge in [-0.15, -0.1) is 0 Å². The molecule has 0 atom stereocenters. The van der Waals surface area contributed by atoms with Crippen LogP contribution in [-0.2, 0) is 9.84 Å². The molecule has 0 bridgehead atoms. The first kappa shape index (κ1) is 18.3. The number of benzene rings is 1. The lowest BCUT2D eigenvalue weighted by molar-refractivity contribution is 0.305. The van der Waals surface area contributed by atoms with E-state index in [1.165, 1.54) is 0 Å². The minimum atomic E-state index is -3.34. The van der Waals surface area contributed by atoms with Gasteiger partial charge in [-0.05, 0) is 56.7 Å². The zero-order chi connectivity index (χ0) is 19.1. The number of anilines is 1. The maximum atomic E-state index is 13.0. The fourth-order valence-electron chi connectivity index (χ4n) is 4.69. The predicted molar refractivity (Wildman–Crippen MR) is 107 cm³/mol. The van der Waals surface area contributed by atoms with Crippen LogP contribution in [0.5, 0.6) is 0 Å². The van der Waals surface area contributed by atoms with E-state index in [4.69, 9.17) is 11.5 Å². The van der Waals surface area contributed by atoms with Gasteiger partial charge < -0.3 is 11.5 Å². The molecule has 1 heterocycles. The first-order valence-corrected chi connectivity index (χ1v) is 11.3. The van der Waals surface area contributed by atoms with E-state index < -0.39 is 15.5 Å². The summed E-state index contributed by atoms with van der Waals surface area (Å²) in [5.41, 5.74) is 12.3. The average molecular weight is 390 g/mol. The Bertz CT molecular complexity index is 881. The molecule has 1 aromatic carbocycles. The molecule has 1 aliphatic heterocycles. The molecular weight excluding hydrogens is 362 g/mol. The summed E-state index contributed by atoms with van der Waals surface area (Å²) in [7, 11) is -3.34. The van der Waals surface area contributed by atoms with E-state index in [0.29, 0.717) is 10.6 Å². The number of sulfone groups is 1. The van der Waals surface area contributed by atoms with Gasteiger partial charge in [0.25, 0.3) is 0 Å². The van der Waals surface area contributed by atoms with E-state index in [2.05, 4.69) is 9.98 Å². The van der Waals surface area contributed by atoms with Crippen molar-refractivity contribution < 1.29 is 8.42 Å². The van der Waals surface area contributed by atoms with Crippen LogP contribution in [0.2, 0.25) is 0 Å². The third kappa shape index (κ3) is 3.20. The molecule has 7 nitrogen and oxygen atoms in total. The smallest absolute Gasteiger partial charge is 0.220 e. The van der Waals surface area contributed by atoms with Crippen molar-refractivity contribution in [2.45, 2.75) is 73.6 Å². The van der Waals surface area contributed by atoms with Crippen LogP contribution in [0.15, 0.2) is 39.1 Å². The molecule has 0 radical (unpaired) electrons. The number of nitrogens with two attached hydrogens (primary N) is 2. The Morgan fingerprint density at radius 1 is 1.04 bits per heavy atom. The summed E-state index contributed by atoms with van der Waals surface area (Å²) in [6.07, 6.45) is 8.29. The number of rotatable bonds is 3. The van der Waals surface area contributed by atoms with Crippen molar-refractivity contribution in [1.82, 2.24) is 0 Å². The van der Waals surface area contributed by atoms with Crippen molar-refractivity contribution in [3.8, 4) is 0 Å². The molecule has 3 aliphatic rings. The van der Waals surface area contributed by atoms with Crippen molar-refractivity contribution in [2.75, 3.05) is 4.90 Å². The molecule has 4 rings (SSSR count). The highest BCUT2D eigenvalue weighted by Crippen LogP contribution is 2.40. The third-order valence-electron chi connectivity index (χ3n) is 6.00. The van der Waals surface area contributed by atoms with Gasteiger partial charge in [-0.25, -0.2) is 13.4 Å². The molecule has 0 unspecified atom stereocenters. The van der Waals surface area contributed by atoms with Crippen molar-refractivity contribution in [2.24, 2.45) is 21.5 Å². The van der Waals surface area contributed by atoms with E-state index in [-0.39, 0.29) is 17.2 Å². The van der Waals surface area contributed by atoms with E-state index in [0.717, 1.165) is 57.8 Å². The molecule has 1 spiro atoms. The Balaban J connectivity index is 1.75. The zero-order valence-electron chi connectivity index (χ0n) is 15.5. The Morgan fingerprint density at radius 3 is 2.44 bits per heavy atom. The molecule has 4 N–H and O–H groups in total. The van der Waals surface area contributed by atoms with Crippen LogP contribution in [-0.4, -0.2) is 31.2 Å². The van der Waals surface area contributed by atoms with Gasteiger partial charge in [0.05, 0.1) is 10.1 Å². The maximum absolute atomic E-state index is 13.0. The van der Waals surface area contributed by atoms with Crippen molar-refractivity contribution in [3.05, 3.63) is 24.3 Å². The number of hydrogen-bond donors (Lipinski definition) is 2. The minimum absolute atomic E-state index is 0.195. The number of aliphatic imine (C=N–C) groups is 2. The van der Waals surface area contributed by atoms with Gasteiger partial charge in [0.1, 0.15) is 5.66 Å². The summed E-state index contributed by atoms with van der Waals surface area (Å²) in [6.45, 7) is 0. The van der Waals surface area contributed by atoms with Gasteiger partial charge in [0, 0.05) is 5.69 Å². The highest BCUT2D eigenvalue weighted by Gasteiger charge is 2.43. The molecular formula is C19H27N5O2S. The van der Waals surface area contributed by atoms with Crippen LogP contribution < -0.4 is 16.4 Å². The van der Waals surface area contributed by atoms with Gasteiger partial charge in [-0.2, -0.15) is 4.99 Å². The van der Waals surface area contributed by atoms with Gasteiger partial charge in [0.15, 0.2) is 9.84 Å². The average Bonchev–Trinajstić information content (AvgIpc) is 3.17. The molecule has 27 heavy (non-hydrogen) atoms. The van der Waals surface area contributed by atoms with Gasteiger partial charge >= 0.3 is 0 Å². The van der Waals surface area contributed by atoms with Crippen molar-refractivity contribution in [3.63, 3.8) is 0 Å². The molecule has 8 heteroatoms. The second-order valence-electron chi connectivity index (χ2n) is 7.77.